The van der Waals surface area contributed by atoms with E-state index in [0.717, 1.165) is 24.1 Å². The Labute approximate surface area is 165 Å². The molecule has 0 saturated carbocycles. The molecule has 0 unspecified atom stereocenters. The number of anilines is 2. The Bertz CT molecular complexity index is 915. The minimum Gasteiger partial charge on any atom is -0.492 e. The van der Waals surface area contributed by atoms with Crippen molar-refractivity contribution in [2.45, 2.75) is 12.8 Å². The smallest absolute Gasteiger partial charge is 0.252 e. The van der Waals surface area contributed by atoms with Gasteiger partial charge in [-0.15, -0.1) is 0 Å². The van der Waals surface area contributed by atoms with Crippen molar-refractivity contribution >= 4 is 27.3 Å². The predicted octanol–water partition coefficient (Wildman–Crippen LogP) is 2.43. The molecule has 0 aromatic heterocycles. The highest BCUT2D eigenvalue weighted by atomic mass is 32.2. The molecule has 0 bridgehead atoms. The molecule has 2 aromatic rings. The van der Waals surface area contributed by atoms with Crippen LogP contribution in [0.3, 0.4) is 0 Å². The molecule has 0 fully saturated rings. The summed E-state index contributed by atoms with van der Waals surface area (Å²) < 4.78 is 37.7. The van der Waals surface area contributed by atoms with Gasteiger partial charge >= 0.3 is 0 Å². The lowest BCUT2D eigenvalue weighted by atomic mass is 10.0. The number of para-hydroxylation sites is 1. The lowest BCUT2D eigenvalue weighted by Crippen LogP contribution is -2.37. The number of benzene rings is 2. The maximum absolute atomic E-state index is 12.4. The number of fused-ring (bicyclic) bond motifs is 1. The quantitative estimate of drug-likeness (QED) is 0.730. The van der Waals surface area contributed by atoms with Crippen LogP contribution in [0.4, 0.5) is 11.4 Å². The molecule has 0 atom stereocenters. The largest absolute Gasteiger partial charge is 0.492 e. The lowest BCUT2D eigenvalue weighted by molar-refractivity contribution is -0.122. The topological polar surface area (TPSA) is 84.9 Å². The summed E-state index contributed by atoms with van der Waals surface area (Å²) in [5.74, 6) is 0.309. The molecule has 0 spiro atoms. The average molecular weight is 404 g/mol. The van der Waals surface area contributed by atoms with E-state index in [4.69, 9.17) is 9.47 Å². The number of sulfonamides is 1. The van der Waals surface area contributed by atoms with Crippen molar-refractivity contribution in [3.63, 3.8) is 0 Å². The van der Waals surface area contributed by atoms with Gasteiger partial charge in [0.25, 0.3) is 5.91 Å². The van der Waals surface area contributed by atoms with Crippen molar-refractivity contribution in [2.75, 3.05) is 42.2 Å². The van der Waals surface area contributed by atoms with E-state index in [1.165, 1.54) is 7.11 Å². The molecule has 3 rings (SSSR count). The first-order chi connectivity index (χ1) is 13.5. The molecular formula is C20H24N2O5S. The van der Waals surface area contributed by atoms with Gasteiger partial charge < -0.3 is 14.4 Å². The third-order valence-corrected chi connectivity index (χ3v) is 5.66. The Morgan fingerprint density at radius 1 is 1.18 bits per heavy atom. The van der Waals surface area contributed by atoms with E-state index in [9.17, 15) is 13.2 Å². The molecule has 1 amide bonds. The zero-order valence-corrected chi connectivity index (χ0v) is 16.6. The number of rotatable bonds is 8. The summed E-state index contributed by atoms with van der Waals surface area (Å²) >= 11 is 0. The number of ether oxygens (including phenoxy) is 2. The highest BCUT2D eigenvalue weighted by Gasteiger charge is 2.23. The third-order valence-electron chi connectivity index (χ3n) is 4.41. The maximum atomic E-state index is 12.4. The first kappa shape index (κ1) is 20.2. The second-order valence-electron chi connectivity index (χ2n) is 6.51. The van der Waals surface area contributed by atoms with E-state index in [1.807, 2.05) is 24.3 Å². The fraction of sp³-hybridized carbons (Fsp3) is 0.350. The second kappa shape index (κ2) is 9.07. The molecule has 1 N–H and O–H groups in total. The summed E-state index contributed by atoms with van der Waals surface area (Å²) in [5, 5.41) is 0. The summed E-state index contributed by atoms with van der Waals surface area (Å²) in [4.78, 5) is 13.9. The van der Waals surface area contributed by atoms with Gasteiger partial charge in [-0.3, -0.25) is 9.52 Å². The molecule has 7 nitrogen and oxygen atoms in total. The molecule has 150 valence electrons. The molecular weight excluding hydrogens is 380 g/mol. The van der Waals surface area contributed by atoms with Gasteiger partial charge in [0.1, 0.15) is 24.7 Å². The van der Waals surface area contributed by atoms with E-state index < -0.39 is 10.0 Å². The van der Waals surface area contributed by atoms with Gasteiger partial charge in [-0.25, -0.2) is 8.42 Å². The Morgan fingerprint density at radius 2 is 1.96 bits per heavy atom. The van der Waals surface area contributed by atoms with Crippen LogP contribution in [0.25, 0.3) is 0 Å². The molecule has 2 aromatic carbocycles. The third kappa shape index (κ3) is 5.24. The number of amides is 1. The highest BCUT2D eigenvalue weighted by molar-refractivity contribution is 7.92. The molecule has 0 saturated heterocycles. The number of carbonyl (C=O) groups is 1. The van der Waals surface area contributed by atoms with Crippen LogP contribution in [0.15, 0.2) is 48.5 Å². The fourth-order valence-electron chi connectivity index (χ4n) is 3.12. The Kier molecular flexibility index (Phi) is 6.53. The SMILES string of the molecule is COCC(=O)N1CCCc2ccc(NS(=O)(=O)CCOc3ccccc3)cc21. The average Bonchev–Trinajstić information content (AvgIpc) is 2.68. The van der Waals surface area contributed by atoms with E-state index in [-0.39, 0.29) is 24.9 Å². The van der Waals surface area contributed by atoms with Crippen LogP contribution in [0.5, 0.6) is 5.75 Å². The van der Waals surface area contributed by atoms with Crippen LogP contribution in [0.2, 0.25) is 0 Å². The summed E-state index contributed by atoms with van der Waals surface area (Å²) in [6, 6.07) is 14.3. The Morgan fingerprint density at radius 3 is 2.71 bits per heavy atom. The van der Waals surface area contributed by atoms with Crippen LogP contribution in [0.1, 0.15) is 12.0 Å². The van der Waals surface area contributed by atoms with E-state index >= 15 is 0 Å². The van der Waals surface area contributed by atoms with Gasteiger partial charge in [0.2, 0.25) is 10.0 Å². The Balaban J connectivity index is 1.66. The summed E-state index contributed by atoms with van der Waals surface area (Å²) in [6.45, 7) is 0.630. The molecule has 0 radical (unpaired) electrons. The lowest BCUT2D eigenvalue weighted by Gasteiger charge is -2.30. The molecule has 1 aliphatic rings. The number of aryl methyl sites for hydroxylation is 1. The van der Waals surface area contributed by atoms with E-state index in [1.54, 1.807) is 29.2 Å². The van der Waals surface area contributed by atoms with Crippen LogP contribution in [0, 0.1) is 0 Å². The number of hydrogen-bond acceptors (Lipinski definition) is 5. The van der Waals surface area contributed by atoms with Crippen molar-refractivity contribution in [1.82, 2.24) is 0 Å². The van der Waals surface area contributed by atoms with Crippen molar-refractivity contribution in [2.24, 2.45) is 0 Å². The van der Waals surface area contributed by atoms with Gasteiger partial charge in [0.05, 0.1) is 5.69 Å². The zero-order chi connectivity index (χ0) is 20.0. The van der Waals surface area contributed by atoms with Crippen molar-refractivity contribution < 1.29 is 22.7 Å². The van der Waals surface area contributed by atoms with Crippen LogP contribution in [-0.2, 0) is 26.0 Å². The van der Waals surface area contributed by atoms with Crippen LogP contribution >= 0.6 is 0 Å². The minimum atomic E-state index is -3.58. The zero-order valence-electron chi connectivity index (χ0n) is 15.8. The highest BCUT2D eigenvalue weighted by Crippen LogP contribution is 2.30. The first-order valence-electron chi connectivity index (χ1n) is 9.09. The minimum absolute atomic E-state index is 0.00772. The monoisotopic (exact) mass is 404 g/mol. The van der Waals surface area contributed by atoms with Gasteiger partial charge in [-0.05, 0) is 42.7 Å². The van der Waals surface area contributed by atoms with Crippen LogP contribution in [-0.4, -0.2) is 46.9 Å². The number of nitrogens with one attached hydrogen (secondary N) is 1. The molecule has 28 heavy (non-hydrogen) atoms. The standard InChI is InChI=1S/C20H24N2O5S/c1-26-15-20(23)22-11-5-6-16-9-10-17(14-19(16)22)21-28(24,25)13-12-27-18-7-3-2-4-8-18/h2-4,7-10,14,21H,5-6,11-13,15H2,1H3. The number of methoxy groups -OCH3 is 1. The maximum Gasteiger partial charge on any atom is 0.252 e. The fourth-order valence-corrected chi connectivity index (χ4v) is 4.01. The van der Waals surface area contributed by atoms with Gasteiger partial charge in [-0.2, -0.15) is 0 Å². The predicted molar refractivity (Wildman–Crippen MR) is 108 cm³/mol. The van der Waals surface area contributed by atoms with Gasteiger partial charge in [0, 0.05) is 19.3 Å². The molecule has 1 aliphatic heterocycles. The first-order valence-corrected chi connectivity index (χ1v) is 10.7. The molecule has 1 heterocycles. The number of carbonyl (C=O) groups excluding carboxylic acids is 1. The van der Waals surface area contributed by atoms with Crippen LogP contribution < -0.4 is 14.4 Å². The summed E-state index contributed by atoms with van der Waals surface area (Å²) in [5.41, 5.74) is 2.18. The van der Waals surface area contributed by atoms with Crippen molar-refractivity contribution in [3.8, 4) is 5.75 Å². The van der Waals surface area contributed by atoms with Gasteiger partial charge in [-0.1, -0.05) is 24.3 Å². The number of hydrogen-bond donors (Lipinski definition) is 1. The summed E-state index contributed by atoms with van der Waals surface area (Å²) in [7, 11) is -2.11. The molecule has 8 heteroatoms. The van der Waals surface area contributed by atoms with Crippen molar-refractivity contribution in [3.05, 3.63) is 54.1 Å². The summed E-state index contributed by atoms with van der Waals surface area (Å²) in [6.07, 6.45) is 1.72. The normalized spacial score (nSPS) is 13.7. The van der Waals surface area contributed by atoms with E-state index in [0.29, 0.717) is 18.0 Å². The van der Waals surface area contributed by atoms with Gasteiger partial charge in [0.15, 0.2) is 0 Å². The Hall–Kier alpha value is -2.58. The molecule has 0 aliphatic carbocycles. The van der Waals surface area contributed by atoms with E-state index in [2.05, 4.69) is 4.72 Å². The number of nitrogens with zero attached hydrogens (tertiary/aromatic N) is 1. The second-order valence-corrected chi connectivity index (χ2v) is 8.35. The van der Waals surface area contributed by atoms with Crippen molar-refractivity contribution in [1.29, 1.82) is 0 Å².